The lowest BCUT2D eigenvalue weighted by atomic mass is 9.97. The maximum atomic E-state index is 13.0. The van der Waals surface area contributed by atoms with Crippen molar-refractivity contribution in [1.29, 1.82) is 0 Å². The zero-order chi connectivity index (χ0) is 17.6. The van der Waals surface area contributed by atoms with Crippen LogP contribution in [0.15, 0.2) is 48.8 Å². The number of likely N-dealkylation sites (N-methyl/N-ethyl adjacent to an activating group) is 1. The molecule has 132 valence electrons. The van der Waals surface area contributed by atoms with Crippen LogP contribution in [0.4, 0.5) is 0 Å². The van der Waals surface area contributed by atoms with Crippen molar-refractivity contribution in [2.45, 2.75) is 31.9 Å². The molecule has 0 N–H and O–H groups in total. The molecule has 1 aliphatic heterocycles. The van der Waals surface area contributed by atoms with Crippen molar-refractivity contribution in [1.82, 2.24) is 9.88 Å². The van der Waals surface area contributed by atoms with Gasteiger partial charge in [-0.1, -0.05) is 18.2 Å². The lowest BCUT2D eigenvalue weighted by Gasteiger charge is -2.33. The van der Waals surface area contributed by atoms with Gasteiger partial charge in [0.2, 0.25) is 0 Å². The lowest BCUT2D eigenvalue weighted by Crippen LogP contribution is -2.41. The second kappa shape index (κ2) is 8.12. The van der Waals surface area contributed by atoms with E-state index in [1.54, 1.807) is 13.3 Å². The van der Waals surface area contributed by atoms with Gasteiger partial charge >= 0.3 is 0 Å². The topological polar surface area (TPSA) is 51.7 Å². The van der Waals surface area contributed by atoms with Gasteiger partial charge in [-0.15, -0.1) is 0 Å². The summed E-state index contributed by atoms with van der Waals surface area (Å²) in [7, 11) is 1.65. The Bertz CT molecular complexity index is 682. The first kappa shape index (κ1) is 17.4. The van der Waals surface area contributed by atoms with Crippen LogP contribution in [0.1, 0.15) is 36.9 Å². The number of benzene rings is 1. The number of carbonyl (C=O) groups is 1. The summed E-state index contributed by atoms with van der Waals surface area (Å²) in [6.45, 7) is 3.26. The van der Waals surface area contributed by atoms with Crippen LogP contribution in [0, 0.1) is 0 Å². The summed E-state index contributed by atoms with van der Waals surface area (Å²) in [5.41, 5.74) is 2.02. The maximum Gasteiger partial charge on any atom is 0.252 e. The molecule has 0 spiro atoms. The molecule has 1 aliphatic rings. The fourth-order valence-electron chi connectivity index (χ4n) is 3.30. The van der Waals surface area contributed by atoms with Crippen molar-refractivity contribution in [3.63, 3.8) is 0 Å². The smallest absolute Gasteiger partial charge is 0.252 e. The highest BCUT2D eigenvalue weighted by Crippen LogP contribution is 2.31. The number of aromatic nitrogens is 1. The van der Waals surface area contributed by atoms with Crippen LogP contribution >= 0.6 is 0 Å². The average molecular weight is 340 g/mol. The highest BCUT2D eigenvalue weighted by atomic mass is 16.5. The zero-order valence-electron chi connectivity index (χ0n) is 14.7. The fraction of sp³-hybridized carbons (Fsp3) is 0.400. The number of hydrogen-bond donors (Lipinski definition) is 0. The quantitative estimate of drug-likeness (QED) is 0.810. The molecule has 1 aromatic carbocycles. The Balaban J connectivity index is 1.98. The minimum Gasteiger partial charge on any atom is -0.497 e. The first-order chi connectivity index (χ1) is 12.2. The third-order valence-corrected chi connectivity index (χ3v) is 4.57. The molecule has 0 aliphatic carbocycles. The van der Waals surface area contributed by atoms with Crippen molar-refractivity contribution >= 4 is 5.91 Å². The number of hydrogen-bond acceptors (Lipinski definition) is 4. The number of carbonyl (C=O) groups excluding carboxylic acids is 1. The van der Waals surface area contributed by atoms with E-state index in [4.69, 9.17) is 9.47 Å². The van der Waals surface area contributed by atoms with Gasteiger partial charge in [-0.3, -0.25) is 9.78 Å². The number of nitrogens with zero attached hydrogens (tertiary/aromatic N) is 2. The Morgan fingerprint density at radius 2 is 2.12 bits per heavy atom. The predicted octanol–water partition coefficient (Wildman–Crippen LogP) is 3.21. The number of methoxy groups -OCH3 is 1. The van der Waals surface area contributed by atoms with Crippen molar-refractivity contribution in [3.05, 3.63) is 59.9 Å². The van der Waals surface area contributed by atoms with Gasteiger partial charge in [-0.2, -0.15) is 0 Å². The summed E-state index contributed by atoms with van der Waals surface area (Å²) in [6.07, 6.45) is 4.95. The first-order valence-corrected chi connectivity index (χ1v) is 8.70. The van der Waals surface area contributed by atoms with Gasteiger partial charge in [-0.05, 0) is 49.1 Å². The molecule has 0 saturated carbocycles. The fourth-order valence-corrected chi connectivity index (χ4v) is 3.30. The van der Waals surface area contributed by atoms with Gasteiger partial charge < -0.3 is 14.4 Å². The molecule has 3 rings (SSSR count). The van der Waals surface area contributed by atoms with Crippen LogP contribution in [-0.4, -0.2) is 42.2 Å². The molecule has 0 unspecified atom stereocenters. The van der Waals surface area contributed by atoms with E-state index < -0.39 is 0 Å². The largest absolute Gasteiger partial charge is 0.497 e. The molecule has 1 aromatic heterocycles. The number of rotatable bonds is 6. The van der Waals surface area contributed by atoms with Crippen molar-refractivity contribution in [2.24, 2.45) is 0 Å². The first-order valence-electron chi connectivity index (χ1n) is 8.70. The molecule has 2 atom stereocenters. The summed E-state index contributed by atoms with van der Waals surface area (Å²) in [5, 5.41) is 0. The van der Waals surface area contributed by atoms with Gasteiger partial charge in [0.1, 0.15) is 11.9 Å². The van der Waals surface area contributed by atoms with Crippen molar-refractivity contribution in [3.8, 4) is 5.75 Å². The standard InChI is InChI=1S/C20H24N2O3/c1-3-22(20(23)18-7-5-13-25-18)19(16-6-4-12-21-14-16)15-8-10-17(24-2)11-9-15/h4,6,8-12,14,18-19H,3,5,7,13H2,1-2H3/t18-,19+/m0/s1. The summed E-state index contributed by atoms with van der Waals surface area (Å²) in [4.78, 5) is 19.2. The molecule has 5 nitrogen and oxygen atoms in total. The molecule has 1 amide bonds. The van der Waals surface area contributed by atoms with Crippen LogP contribution in [-0.2, 0) is 9.53 Å². The Morgan fingerprint density at radius 1 is 1.32 bits per heavy atom. The van der Waals surface area contributed by atoms with E-state index in [1.807, 2.05) is 54.4 Å². The molecule has 2 aromatic rings. The second-order valence-electron chi connectivity index (χ2n) is 6.09. The van der Waals surface area contributed by atoms with Gasteiger partial charge in [0.05, 0.1) is 13.2 Å². The monoisotopic (exact) mass is 340 g/mol. The molecule has 0 radical (unpaired) electrons. The van der Waals surface area contributed by atoms with Crippen LogP contribution in [0.3, 0.4) is 0 Å². The van der Waals surface area contributed by atoms with Crippen molar-refractivity contribution < 1.29 is 14.3 Å². The van der Waals surface area contributed by atoms with E-state index in [2.05, 4.69) is 4.98 Å². The number of amides is 1. The third kappa shape index (κ3) is 3.82. The predicted molar refractivity (Wildman–Crippen MR) is 95.4 cm³/mol. The van der Waals surface area contributed by atoms with Gasteiger partial charge in [0.25, 0.3) is 5.91 Å². The van der Waals surface area contributed by atoms with Crippen molar-refractivity contribution in [2.75, 3.05) is 20.3 Å². The molecule has 2 heterocycles. The minimum absolute atomic E-state index is 0.0460. The molecule has 1 saturated heterocycles. The van der Waals surface area contributed by atoms with E-state index >= 15 is 0 Å². The average Bonchev–Trinajstić information content (AvgIpc) is 3.21. The molecule has 5 heteroatoms. The van der Waals surface area contributed by atoms with Gasteiger partial charge in [0, 0.05) is 25.5 Å². The van der Waals surface area contributed by atoms with Crippen LogP contribution < -0.4 is 4.74 Å². The van der Waals surface area contributed by atoms with Gasteiger partial charge in [-0.25, -0.2) is 0 Å². The van der Waals surface area contributed by atoms with E-state index in [0.717, 1.165) is 29.7 Å². The summed E-state index contributed by atoms with van der Waals surface area (Å²) in [6, 6.07) is 11.6. The Kier molecular flexibility index (Phi) is 5.66. The van der Waals surface area contributed by atoms with E-state index in [1.165, 1.54) is 0 Å². The molecular weight excluding hydrogens is 316 g/mol. The highest BCUT2D eigenvalue weighted by molar-refractivity contribution is 5.82. The number of ether oxygens (including phenoxy) is 2. The lowest BCUT2D eigenvalue weighted by molar-refractivity contribution is -0.142. The van der Waals surface area contributed by atoms with Crippen LogP contribution in [0.5, 0.6) is 5.75 Å². The van der Waals surface area contributed by atoms with Crippen LogP contribution in [0.2, 0.25) is 0 Å². The molecule has 0 bridgehead atoms. The normalized spacial score (nSPS) is 17.9. The summed E-state index contributed by atoms with van der Waals surface area (Å²) >= 11 is 0. The van der Waals surface area contributed by atoms with Crippen LogP contribution in [0.25, 0.3) is 0 Å². The van der Waals surface area contributed by atoms with E-state index in [0.29, 0.717) is 13.2 Å². The van der Waals surface area contributed by atoms with E-state index in [9.17, 15) is 4.79 Å². The second-order valence-corrected chi connectivity index (χ2v) is 6.09. The van der Waals surface area contributed by atoms with Gasteiger partial charge in [0.15, 0.2) is 0 Å². The SMILES string of the molecule is CCN(C(=O)[C@@H]1CCCO1)[C@H](c1ccc(OC)cc1)c1cccnc1. The molecule has 25 heavy (non-hydrogen) atoms. The maximum absolute atomic E-state index is 13.0. The summed E-state index contributed by atoms with van der Waals surface area (Å²) < 4.78 is 10.9. The molecular formula is C20H24N2O3. The Labute approximate surface area is 148 Å². The number of pyridine rings is 1. The minimum atomic E-state index is -0.336. The third-order valence-electron chi connectivity index (χ3n) is 4.57. The highest BCUT2D eigenvalue weighted by Gasteiger charge is 2.33. The Morgan fingerprint density at radius 3 is 2.68 bits per heavy atom. The zero-order valence-corrected chi connectivity index (χ0v) is 14.7. The van der Waals surface area contributed by atoms with E-state index in [-0.39, 0.29) is 18.1 Å². The Hall–Kier alpha value is -2.40. The molecule has 1 fully saturated rings. The summed E-state index contributed by atoms with van der Waals surface area (Å²) in [5.74, 6) is 0.840.